The Morgan fingerprint density at radius 2 is 1.68 bits per heavy atom. The number of para-hydroxylation sites is 1. The van der Waals surface area contributed by atoms with Crippen LogP contribution in [0.15, 0.2) is 48.5 Å². The molecule has 31 heavy (non-hydrogen) atoms. The number of hydrogen-bond acceptors (Lipinski definition) is 4. The molecule has 0 bridgehead atoms. The van der Waals surface area contributed by atoms with Crippen molar-refractivity contribution in [1.82, 2.24) is 5.32 Å². The second kappa shape index (κ2) is 11.5. The number of ether oxygens (including phenoxy) is 1. The second-order valence-corrected chi connectivity index (χ2v) is 7.96. The summed E-state index contributed by atoms with van der Waals surface area (Å²) >= 11 is 5.91. The number of esters is 1. The van der Waals surface area contributed by atoms with Gasteiger partial charge in [0.05, 0.1) is 12.5 Å². The fourth-order valence-electron chi connectivity index (χ4n) is 3.15. The zero-order chi connectivity index (χ0) is 23.0. The van der Waals surface area contributed by atoms with Gasteiger partial charge in [0, 0.05) is 17.6 Å². The van der Waals surface area contributed by atoms with E-state index in [0.29, 0.717) is 10.7 Å². The van der Waals surface area contributed by atoms with Crippen LogP contribution in [0.3, 0.4) is 0 Å². The Balaban J connectivity index is 2.02. The van der Waals surface area contributed by atoms with Crippen molar-refractivity contribution in [1.29, 1.82) is 0 Å². The van der Waals surface area contributed by atoms with Gasteiger partial charge in [-0.3, -0.25) is 14.4 Å². The van der Waals surface area contributed by atoms with Crippen LogP contribution < -0.4 is 10.6 Å². The van der Waals surface area contributed by atoms with Crippen LogP contribution in [-0.2, 0) is 19.1 Å². The quantitative estimate of drug-likeness (QED) is 0.533. The van der Waals surface area contributed by atoms with Crippen molar-refractivity contribution in [3.05, 3.63) is 64.7 Å². The third-order valence-electron chi connectivity index (χ3n) is 5.06. The van der Waals surface area contributed by atoms with Crippen LogP contribution in [0.25, 0.3) is 0 Å². The molecule has 0 heterocycles. The molecular formula is C24H29ClN2O4. The lowest BCUT2D eigenvalue weighted by molar-refractivity contribution is -0.153. The van der Waals surface area contributed by atoms with E-state index in [9.17, 15) is 14.4 Å². The molecule has 0 spiro atoms. The Hall–Kier alpha value is -2.86. The number of hydrogen-bond donors (Lipinski definition) is 2. The van der Waals surface area contributed by atoms with Crippen molar-refractivity contribution < 1.29 is 19.1 Å². The Morgan fingerprint density at radius 1 is 1.03 bits per heavy atom. The molecule has 0 aliphatic rings. The predicted molar refractivity (Wildman–Crippen MR) is 122 cm³/mol. The Bertz CT molecular complexity index is 914. The largest absolute Gasteiger partial charge is 0.452 e. The van der Waals surface area contributed by atoms with Gasteiger partial charge in [0.1, 0.15) is 0 Å². The van der Waals surface area contributed by atoms with E-state index in [2.05, 4.69) is 24.5 Å². The summed E-state index contributed by atoms with van der Waals surface area (Å²) in [5.41, 5.74) is 2.46. The van der Waals surface area contributed by atoms with E-state index in [-0.39, 0.29) is 18.2 Å². The fraction of sp³-hybridized carbons (Fsp3) is 0.375. The van der Waals surface area contributed by atoms with E-state index in [1.54, 1.807) is 24.3 Å². The first-order valence-electron chi connectivity index (χ1n) is 10.3. The van der Waals surface area contributed by atoms with Gasteiger partial charge < -0.3 is 15.4 Å². The van der Waals surface area contributed by atoms with Gasteiger partial charge in [0.2, 0.25) is 5.91 Å². The predicted octanol–water partition coefficient (Wildman–Crippen LogP) is 4.99. The van der Waals surface area contributed by atoms with Gasteiger partial charge in [-0.2, -0.15) is 0 Å². The van der Waals surface area contributed by atoms with Gasteiger partial charge in [-0.25, -0.2) is 0 Å². The first kappa shape index (κ1) is 24.4. The van der Waals surface area contributed by atoms with E-state index in [0.717, 1.165) is 17.5 Å². The molecule has 2 rings (SSSR count). The number of amides is 2. The Labute approximate surface area is 188 Å². The Kier molecular flexibility index (Phi) is 9.06. The van der Waals surface area contributed by atoms with E-state index in [1.807, 2.05) is 24.3 Å². The monoisotopic (exact) mass is 444 g/mol. The minimum absolute atomic E-state index is 0.109. The zero-order valence-electron chi connectivity index (χ0n) is 18.3. The van der Waals surface area contributed by atoms with E-state index < -0.39 is 24.0 Å². The minimum Gasteiger partial charge on any atom is -0.452 e. The highest BCUT2D eigenvalue weighted by atomic mass is 35.5. The number of carbonyl (C=O) groups is 3. The highest BCUT2D eigenvalue weighted by Crippen LogP contribution is 2.27. The number of nitrogens with one attached hydrogen (secondary N) is 2. The maximum Gasteiger partial charge on any atom is 0.309 e. The average molecular weight is 445 g/mol. The molecule has 166 valence electrons. The van der Waals surface area contributed by atoms with Crippen molar-refractivity contribution in [2.24, 2.45) is 0 Å². The highest BCUT2D eigenvalue weighted by molar-refractivity contribution is 6.30. The SMILES string of the molecule is CCC(C)c1ccccc1NC(=O)C(C)OC(=O)CC(NC(C)=O)c1ccc(Cl)cc1. The number of anilines is 1. The first-order chi connectivity index (χ1) is 14.7. The van der Waals surface area contributed by atoms with Gasteiger partial charge in [0.15, 0.2) is 6.10 Å². The molecule has 3 atom stereocenters. The van der Waals surface area contributed by atoms with Crippen LogP contribution in [0.1, 0.15) is 63.6 Å². The summed E-state index contributed by atoms with van der Waals surface area (Å²) in [5.74, 6) is -0.995. The molecule has 0 fully saturated rings. The maximum atomic E-state index is 12.6. The maximum absolute atomic E-state index is 12.6. The molecule has 0 aliphatic carbocycles. The van der Waals surface area contributed by atoms with Crippen molar-refractivity contribution in [3.8, 4) is 0 Å². The van der Waals surface area contributed by atoms with Crippen molar-refractivity contribution in [3.63, 3.8) is 0 Å². The summed E-state index contributed by atoms with van der Waals surface area (Å²) in [4.78, 5) is 36.7. The zero-order valence-corrected chi connectivity index (χ0v) is 19.0. The summed E-state index contributed by atoms with van der Waals surface area (Å²) in [6.07, 6.45) is -0.157. The van der Waals surface area contributed by atoms with E-state index in [4.69, 9.17) is 16.3 Å². The third-order valence-corrected chi connectivity index (χ3v) is 5.31. The molecule has 0 saturated carbocycles. The molecule has 2 aromatic rings. The van der Waals surface area contributed by atoms with Crippen LogP contribution in [0.5, 0.6) is 0 Å². The molecule has 3 unspecified atom stereocenters. The summed E-state index contributed by atoms with van der Waals surface area (Å²) in [5, 5.41) is 6.14. The number of carbonyl (C=O) groups excluding carboxylic acids is 3. The van der Waals surface area contributed by atoms with Crippen molar-refractivity contribution in [2.45, 2.75) is 58.6 Å². The van der Waals surface area contributed by atoms with Crippen LogP contribution in [-0.4, -0.2) is 23.9 Å². The number of rotatable bonds is 9. The highest BCUT2D eigenvalue weighted by Gasteiger charge is 2.23. The van der Waals surface area contributed by atoms with Crippen LogP contribution in [0, 0.1) is 0 Å². The lowest BCUT2D eigenvalue weighted by atomic mass is 9.97. The van der Waals surface area contributed by atoms with Gasteiger partial charge in [-0.05, 0) is 48.6 Å². The molecule has 0 aliphatic heterocycles. The first-order valence-corrected chi connectivity index (χ1v) is 10.7. The van der Waals surface area contributed by atoms with Crippen LogP contribution >= 0.6 is 11.6 Å². The molecule has 0 aromatic heterocycles. The normalized spacial score (nSPS) is 13.6. The number of halogens is 1. The smallest absolute Gasteiger partial charge is 0.309 e. The van der Waals surface area contributed by atoms with Crippen molar-refractivity contribution >= 4 is 35.1 Å². The molecule has 6 nitrogen and oxygen atoms in total. The van der Waals surface area contributed by atoms with Gasteiger partial charge in [0.25, 0.3) is 5.91 Å². The standard InChI is InChI=1S/C24H29ClN2O4/c1-5-15(2)20-8-6-7-9-21(20)27-24(30)16(3)31-23(29)14-22(26-17(4)28)18-10-12-19(25)13-11-18/h6-13,15-16,22H,5,14H2,1-4H3,(H,26,28)(H,27,30). The summed E-state index contributed by atoms with van der Waals surface area (Å²) in [6, 6.07) is 13.8. The van der Waals surface area contributed by atoms with Gasteiger partial charge in [-0.15, -0.1) is 0 Å². The van der Waals surface area contributed by atoms with Crippen LogP contribution in [0.2, 0.25) is 5.02 Å². The third kappa shape index (κ3) is 7.40. The minimum atomic E-state index is -0.985. The fourth-order valence-corrected chi connectivity index (χ4v) is 3.28. The molecule has 0 saturated heterocycles. The molecule has 2 N–H and O–H groups in total. The lowest BCUT2D eigenvalue weighted by Crippen LogP contribution is -2.33. The molecular weight excluding hydrogens is 416 g/mol. The molecule has 7 heteroatoms. The lowest BCUT2D eigenvalue weighted by Gasteiger charge is -2.20. The molecule has 0 radical (unpaired) electrons. The van der Waals surface area contributed by atoms with Gasteiger partial charge >= 0.3 is 5.97 Å². The van der Waals surface area contributed by atoms with Crippen molar-refractivity contribution in [2.75, 3.05) is 5.32 Å². The van der Waals surface area contributed by atoms with E-state index in [1.165, 1.54) is 13.8 Å². The summed E-state index contributed by atoms with van der Waals surface area (Å²) < 4.78 is 5.34. The number of benzene rings is 2. The Morgan fingerprint density at radius 3 is 2.29 bits per heavy atom. The molecule has 2 amide bonds. The van der Waals surface area contributed by atoms with Crippen LogP contribution in [0.4, 0.5) is 5.69 Å². The average Bonchev–Trinajstić information content (AvgIpc) is 2.73. The van der Waals surface area contributed by atoms with E-state index >= 15 is 0 Å². The molecule has 2 aromatic carbocycles. The van der Waals surface area contributed by atoms with Gasteiger partial charge in [-0.1, -0.05) is 55.8 Å². The topological polar surface area (TPSA) is 84.5 Å². The summed E-state index contributed by atoms with van der Waals surface area (Å²) in [7, 11) is 0. The second-order valence-electron chi connectivity index (χ2n) is 7.53. The summed E-state index contributed by atoms with van der Waals surface area (Å²) in [6.45, 7) is 7.07.